The number of benzene rings is 8. The number of hydrogen-bond acceptors (Lipinski definition) is 6. The van der Waals surface area contributed by atoms with Crippen molar-refractivity contribution in [2.45, 2.75) is 0 Å². The van der Waals surface area contributed by atoms with Crippen LogP contribution in [0, 0.1) is 0 Å². The van der Waals surface area contributed by atoms with Crippen molar-refractivity contribution in [3.05, 3.63) is 182 Å². The van der Waals surface area contributed by atoms with Gasteiger partial charge in [-0.2, -0.15) is 0 Å². The van der Waals surface area contributed by atoms with Gasteiger partial charge in [-0.3, -0.25) is 0 Å². The van der Waals surface area contributed by atoms with Crippen LogP contribution >= 0.6 is 0 Å². The summed E-state index contributed by atoms with van der Waals surface area (Å²) in [6.07, 6.45) is 0. The zero-order chi connectivity index (χ0) is 44.9. The molecule has 8 aromatic carbocycles. The van der Waals surface area contributed by atoms with Crippen molar-refractivity contribution >= 4 is 88.4 Å². The fraction of sp³-hybridized carbons (Fsp3) is 0. The molecule has 0 unspecified atom stereocenters. The van der Waals surface area contributed by atoms with Gasteiger partial charge in [0.1, 0.15) is 39.2 Å². The number of aromatic nitrogens is 7. The highest BCUT2D eigenvalue weighted by atomic mass is 15.1. The molecule has 0 aliphatic heterocycles. The summed E-state index contributed by atoms with van der Waals surface area (Å²) in [5.74, 6) is 3.47. The van der Waals surface area contributed by atoms with Crippen LogP contribution in [0.25, 0.3) is 107 Å². The third-order valence-corrected chi connectivity index (χ3v) is 13.1. The van der Waals surface area contributed by atoms with Crippen molar-refractivity contribution in [3.8, 4) is 85.1 Å². The van der Waals surface area contributed by atoms with E-state index in [1.165, 1.54) is 16.4 Å². The average Bonchev–Trinajstić information content (AvgIpc) is 3.72. The van der Waals surface area contributed by atoms with Crippen LogP contribution in [0.2, 0.25) is 0 Å². The minimum absolute atomic E-state index is 0.525. The monoisotopic (exact) mass is 841 g/mol. The van der Waals surface area contributed by atoms with Gasteiger partial charge in [0.2, 0.25) is 0 Å². The summed E-state index contributed by atoms with van der Waals surface area (Å²) in [4.78, 5) is 31.6. The molecule has 66 heavy (non-hydrogen) atoms. The second-order valence-corrected chi connectivity index (χ2v) is 16.9. The lowest BCUT2D eigenvalue weighted by atomic mass is 9.60. The molecule has 0 aliphatic carbocycles. The Morgan fingerprint density at radius 1 is 0.303 bits per heavy atom. The van der Waals surface area contributed by atoms with Crippen molar-refractivity contribution in [1.82, 2.24) is 34.5 Å². The molecular weight excluding hydrogens is 801 g/mol. The lowest BCUT2D eigenvalue weighted by Gasteiger charge is -2.20. The smallest absolute Gasteiger partial charge is 0.166 e. The van der Waals surface area contributed by atoms with Crippen LogP contribution in [0.3, 0.4) is 0 Å². The van der Waals surface area contributed by atoms with E-state index in [1.54, 1.807) is 0 Å². The van der Waals surface area contributed by atoms with Crippen molar-refractivity contribution in [1.29, 1.82) is 0 Å². The van der Waals surface area contributed by atoms with Crippen molar-refractivity contribution in [3.63, 3.8) is 0 Å². The number of para-hydroxylation sites is 2. The van der Waals surface area contributed by atoms with E-state index in [0.29, 0.717) is 34.9 Å². The summed E-state index contributed by atoms with van der Waals surface area (Å²) in [7, 11) is 10.9. The zero-order valence-corrected chi connectivity index (χ0v) is 37.5. The minimum atomic E-state index is 0.525. The molecule has 0 amide bonds. The number of hydrogen-bond donors (Lipinski definition) is 0. The molecule has 3 aromatic heterocycles. The lowest BCUT2D eigenvalue weighted by Crippen LogP contribution is -2.55. The van der Waals surface area contributed by atoms with E-state index >= 15 is 0 Å². The molecule has 306 valence electrons. The van der Waals surface area contributed by atoms with Gasteiger partial charge in [-0.05, 0) is 29.8 Å². The minimum Gasteiger partial charge on any atom is -0.308 e. The molecule has 0 fully saturated rings. The van der Waals surface area contributed by atoms with Gasteiger partial charge < -0.3 is 4.57 Å². The number of fused-ring (bicyclic) bond motifs is 3. The highest BCUT2D eigenvalue weighted by molar-refractivity contribution is 6.68. The largest absolute Gasteiger partial charge is 0.308 e. The van der Waals surface area contributed by atoms with Crippen LogP contribution in [-0.2, 0) is 0 Å². The van der Waals surface area contributed by atoms with Gasteiger partial charge in [0.05, 0.1) is 16.7 Å². The number of rotatable bonds is 8. The standard InChI is InChI=1S/C54H40B5N7/c55-43-42(44(56)46(58)47(59)45(43)57)54-64-51(34-22-11-4-12-23-34)61-52(65-54)35-28-29-41(66-40-27-14-13-24-37(40)38-26-15-25-36(48(38)66)31-16-5-1-6-17-31)39(30-35)53-62-49(32-18-7-2-8-19-32)60-50(63-53)33-20-9-3-10-21-33/h1-30H,55-59H2. The molecular formula is C54H40B5N7. The summed E-state index contributed by atoms with van der Waals surface area (Å²) >= 11 is 0. The molecule has 0 N–H and O–H groups in total. The Hall–Kier alpha value is -8.10. The Morgan fingerprint density at radius 2 is 0.727 bits per heavy atom. The SMILES string of the molecule is Bc1c(B)c(B)c(-c2nc(-c3ccccc3)nc(-c3ccc(-n4c5ccccc5c5cccc(-c6ccccc6)c54)c(-c4nc(-c5ccccc5)nc(-c5ccccc5)n4)c3)n2)c(B)c1B. The maximum Gasteiger partial charge on any atom is 0.166 e. The molecule has 0 saturated heterocycles. The van der Waals surface area contributed by atoms with Crippen molar-refractivity contribution in [2.75, 3.05) is 0 Å². The first-order valence-corrected chi connectivity index (χ1v) is 22.3. The van der Waals surface area contributed by atoms with Crippen LogP contribution in [0.5, 0.6) is 0 Å². The molecule has 11 rings (SSSR count). The van der Waals surface area contributed by atoms with Crippen LogP contribution < -0.4 is 27.3 Å². The molecule has 12 heteroatoms. The quantitative estimate of drug-likeness (QED) is 0.215. The first-order chi connectivity index (χ1) is 32.3. The molecule has 7 nitrogen and oxygen atoms in total. The van der Waals surface area contributed by atoms with Crippen molar-refractivity contribution in [2.24, 2.45) is 0 Å². The lowest BCUT2D eigenvalue weighted by molar-refractivity contribution is 1.06. The maximum absolute atomic E-state index is 5.36. The van der Waals surface area contributed by atoms with Crippen LogP contribution in [0.4, 0.5) is 0 Å². The fourth-order valence-electron chi connectivity index (χ4n) is 9.27. The first-order valence-electron chi connectivity index (χ1n) is 22.3. The van der Waals surface area contributed by atoms with Gasteiger partial charge in [0.15, 0.2) is 34.9 Å². The van der Waals surface area contributed by atoms with E-state index in [-0.39, 0.29) is 0 Å². The normalized spacial score (nSPS) is 11.3. The second kappa shape index (κ2) is 16.8. The van der Waals surface area contributed by atoms with Crippen molar-refractivity contribution < 1.29 is 0 Å². The summed E-state index contributed by atoms with van der Waals surface area (Å²) < 4.78 is 2.37. The molecule has 0 bridgehead atoms. The molecule has 3 heterocycles. The average molecular weight is 841 g/mol. The predicted octanol–water partition coefficient (Wildman–Crippen LogP) is 4.11. The molecule has 0 radical (unpaired) electrons. The summed E-state index contributed by atoms with van der Waals surface area (Å²) in [6, 6.07) is 62.6. The summed E-state index contributed by atoms with van der Waals surface area (Å²) in [5.41, 5.74) is 16.7. The summed E-state index contributed by atoms with van der Waals surface area (Å²) in [5, 5.41) is 2.30. The second-order valence-electron chi connectivity index (χ2n) is 16.9. The Balaban J connectivity index is 1.24. The fourth-order valence-corrected chi connectivity index (χ4v) is 9.27. The molecule has 11 aromatic rings. The van der Waals surface area contributed by atoms with Crippen LogP contribution in [0.15, 0.2) is 182 Å². The van der Waals surface area contributed by atoms with E-state index in [0.717, 1.165) is 82.9 Å². The maximum atomic E-state index is 5.36. The van der Waals surface area contributed by atoms with Gasteiger partial charge in [0.25, 0.3) is 0 Å². The first kappa shape index (κ1) is 40.7. The topological polar surface area (TPSA) is 82.3 Å². The number of nitrogens with zero attached hydrogens (tertiary/aromatic N) is 7. The highest BCUT2D eigenvalue weighted by Crippen LogP contribution is 2.41. The Labute approximate surface area is 388 Å². The highest BCUT2D eigenvalue weighted by Gasteiger charge is 2.24. The third-order valence-electron chi connectivity index (χ3n) is 13.1. The van der Waals surface area contributed by atoms with Gasteiger partial charge in [-0.1, -0.05) is 169 Å². The van der Waals surface area contributed by atoms with E-state index in [9.17, 15) is 0 Å². The predicted molar refractivity (Wildman–Crippen MR) is 286 cm³/mol. The van der Waals surface area contributed by atoms with E-state index in [2.05, 4.69) is 147 Å². The van der Waals surface area contributed by atoms with Gasteiger partial charge in [-0.25, -0.2) is 29.9 Å². The van der Waals surface area contributed by atoms with Gasteiger partial charge in [-0.15, -0.1) is 16.4 Å². The molecule has 0 saturated carbocycles. The summed E-state index contributed by atoms with van der Waals surface area (Å²) in [6.45, 7) is 0. The Bertz CT molecular complexity index is 3560. The zero-order valence-electron chi connectivity index (χ0n) is 37.5. The van der Waals surface area contributed by atoms with Gasteiger partial charge in [0, 0.05) is 49.7 Å². The van der Waals surface area contributed by atoms with Gasteiger partial charge >= 0.3 is 0 Å². The Kier molecular flexibility index (Phi) is 10.3. The molecule has 0 aliphatic rings. The van der Waals surface area contributed by atoms with E-state index in [1.807, 2.05) is 78.9 Å². The molecule has 0 spiro atoms. The third kappa shape index (κ3) is 7.11. The van der Waals surface area contributed by atoms with E-state index < -0.39 is 0 Å². The van der Waals surface area contributed by atoms with E-state index in [4.69, 9.17) is 29.9 Å². The van der Waals surface area contributed by atoms with Crippen LogP contribution in [-0.4, -0.2) is 73.7 Å². The Morgan fingerprint density at radius 3 is 1.27 bits per heavy atom. The molecule has 0 atom stereocenters. The van der Waals surface area contributed by atoms with Crippen LogP contribution in [0.1, 0.15) is 0 Å².